The summed E-state index contributed by atoms with van der Waals surface area (Å²) in [6, 6.07) is 11.3. The minimum atomic E-state index is -0.582. The smallest absolute Gasteiger partial charge is 0.311 e. The molecule has 1 N–H and O–H groups in total. The predicted molar refractivity (Wildman–Crippen MR) is 115 cm³/mol. The number of esters is 1. The van der Waals surface area contributed by atoms with Crippen molar-refractivity contribution < 1.29 is 19.1 Å². The van der Waals surface area contributed by atoms with Crippen molar-refractivity contribution in [1.29, 1.82) is 0 Å². The van der Waals surface area contributed by atoms with Crippen LogP contribution in [0.1, 0.15) is 23.1 Å². The van der Waals surface area contributed by atoms with Crippen molar-refractivity contribution in [2.75, 3.05) is 23.4 Å². The molecule has 2 aromatic carbocycles. The van der Waals surface area contributed by atoms with E-state index in [2.05, 4.69) is 21.2 Å². The third-order valence-electron chi connectivity index (χ3n) is 4.88. The van der Waals surface area contributed by atoms with Gasteiger partial charge in [0.2, 0.25) is 5.91 Å². The fraction of sp³-hybridized carbons (Fsp3) is 0.318. The van der Waals surface area contributed by atoms with Crippen LogP contribution in [0, 0.1) is 26.7 Å². The first-order valence-electron chi connectivity index (χ1n) is 9.35. The number of hydrogen-bond acceptors (Lipinski definition) is 4. The van der Waals surface area contributed by atoms with E-state index in [9.17, 15) is 14.4 Å². The normalized spacial score (nSPS) is 16.1. The van der Waals surface area contributed by atoms with Crippen LogP contribution in [0.2, 0.25) is 0 Å². The lowest BCUT2D eigenvalue weighted by molar-refractivity contribution is -0.151. The Hall–Kier alpha value is -2.67. The van der Waals surface area contributed by atoms with Crippen LogP contribution in [-0.2, 0) is 19.1 Å². The Morgan fingerprint density at radius 2 is 1.76 bits per heavy atom. The van der Waals surface area contributed by atoms with E-state index in [0.717, 1.165) is 32.5 Å². The van der Waals surface area contributed by atoms with E-state index >= 15 is 0 Å². The van der Waals surface area contributed by atoms with Crippen molar-refractivity contribution in [2.45, 2.75) is 27.2 Å². The van der Waals surface area contributed by atoms with Crippen molar-refractivity contribution in [3.8, 4) is 0 Å². The van der Waals surface area contributed by atoms with Gasteiger partial charge in [-0.15, -0.1) is 0 Å². The van der Waals surface area contributed by atoms with Gasteiger partial charge in [-0.05, 0) is 56.2 Å². The Labute approximate surface area is 178 Å². The summed E-state index contributed by atoms with van der Waals surface area (Å²) in [7, 11) is 0. The van der Waals surface area contributed by atoms with E-state index in [0.29, 0.717) is 0 Å². The summed E-state index contributed by atoms with van der Waals surface area (Å²) in [6.45, 7) is 5.70. The molecular formula is C22H23BrN2O4. The highest BCUT2D eigenvalue weighted by atomic mass is 79.9. The van der Waals surface area contributed by atoms with E-state index < -0.39 is 17.8 Å². The highest BCUT2D eigenvalue weighted by molar-refractivity contribution is 9.10. The van der Waals surface area contributed by atoms with Crippen LogP contribution in [0.3, 0.4) is 0 Å². The number of nitrogens with one attached hydrogen (secondary N) is 1. The molecule has 1 aliphatic heterocycles. The maximum atomic E-state index is 12.4. The van der Waals surface area contributed by atoms with Crippen molar-refractivity contribution in [3.63, 3.8) is 0 Å². The third-order valence-corrected chi connectivity index (χ3v) is 5.41. The molecule has 0 unspecified atom stereocenters. The van der Waals surface area contributed by atoms with E-state index in [1.165, 1.54) is 0 Å². The molecule has 152 valence electrons. The van der Waals surface area contributed by atoms with Gasteiger partial charge in [-0.2, -0.15) is 0 Å². The highest BCUT2D eigenvalue weighted by Crippen LogP contribution is 2.27. The number of nitrogens with zero attached hydrogens (tertiary/aromatic N) is 1. The molecule has 2 aromatic rings. The van der Waals surface area contributed by atoms with E-state index in [1.54, 1.807) is 4.90 Å². The number of rotatable bonds is 5. The van der Waals surface area contributed by atoms with Crippen molar-refractivity contribution in [2.24, 2.45) is 5.92 Å². The second kappa shape index (κ2) is 8.78. The van der Waals surface area contributed by atoms with Gasteiger partial charge in [0, 0.05) is 28.8 Å². The predicted octanol–water partition coefficient (Wildman–Crippen LogP) is 3.91. The van der Waals surface area contributed by atoms with Gasteiger partial charge < -0.3 is 15.0 Å². The Bertz CT molecular complexity index is 933. The standard InChI is InChI=1S/C22H23BrN2O4/c1-13-8-14(2)21(15(3)9-13)24-19(26)12-29-22(28)16-10-20(27)25(11-16)18-6-4-17(23)5-7-18/h4-9,16H,10-12H2,1-3H3,(H,24,26)/t16-/m1/s1. The Morgan fingerprint density at radius 1 is 1.14 bits per heavy atom. The molecule has 1 heterocycles. The van der Waals surface area contributed by atoms with Crippen LogP contribution < -0.4 is 10.2 Å². The SMILES string of the molecule is Cc1cc(C)c(NC(=O)COC(=O)[C@@H]2CC(=O)N(c3ccc(Br)cc3)C2)c(C)c1. The summed E-state index contributed by atoms with van der Waals surface area (Å²) in [5, 5.41) is 2.80. The molecule has 6 nitrogen and oxygen atoms in total. The first kappa shape index (κ1) is 21.0. The van der Waals surface area contributed by atoms with E-state index in [-0.39, 0.29) is 25.5 Å². The highest BCUT2D eigenvalue weighted by Gasteiger charge is 2.36. The molecule has 2 amide bonds. The van der Waals surface area contributed by atoms with Crippen LogP contribution in [0.15, 0.2) is 40.9 Å². The number of ether oxygens (including phenoxy) is 1. The fourth-order valence-corrected chi connectivity index (χ4v) is 3.81. The molecule has 1 saturated heterocycles. The molecule has 1 fully saturated rings. The molecule has 0 bridgehead atoms. The molecule has 7 heteroatoms. The lowest BCUT2D eigenvalue weighted by atomic mass is 10.1. The molecule has 0 aliphatic carbocycles. The van der Waals surface area contributed by atoms with E-state index in [1.807, 2.05) is 57.2 Å². The zero-order chi connectivity index (χ0) is 21.1. The van der Waals surface area contributed by atoms with Crippen LogP contribution in [0.25, 0.3) is 0 Å². The quantitative estimate of drug-likeness (QED) is 0.689. The monoisotopic (exact) mass is 458 g/mol. The van der Waals surface area contributed by atoms with Crippen molar-refractivity contribution in [1.82, 2.24) is 0 Å². The average molecular weight is 459 g/mol. The van der Waals surface area contributed by atoms with Gasteiger partial charge in [0.15, 0.2) is 6.61 Å². The Balaban J connectivity index is 1.55. The first-order valence-corrected chi connectivity index (χ1v) is 10.1. The van der Waals surface area contributed by atoms with Gasteiger partial charge in [-0.1, -0.05) is 33.6 Å². The van der Waals surface area contributed by atoms with Gasteiger partial charge in [-0.3, -0.25) is 14.4 Å². The lowest BCUT2D eigenvalue weighted by Crippen LogP contribution is -2.28. The Morgan fingerprint density at radius 3 is 2.38 bits per heavy atom. The molecule has 1 atom stereocenters. The molecule has 3 rings (SSSR count). The molecule has 0 spiro atoms. The number of amides is 2. The molecule has 0 saturated carbocycles. The summed E-state index contributed by atoms with van der Waals surface area (Å²) in [6.07, 6.45) is 0.0761. The maximum Gasteiger partial charge on any atom is 0.311 e. The number of hydrogen-bond donors (Lipinski definition) is 1. The number of aryl methyl sites for hydroxylation is 3. The zero-order valence-electron chi connectivity index (χ0n) is 16.6. The number of carbonyl (C=O) groups excluding carboxylic acids is 3. The minimum Gasteiger partial charge on any atom is -0.455 e. The summed E-state index contributed by atoms with van der Waals surface area (Å²) in [4.78, 5) is 38.5. The molecule has 0 radical (unpaired) electrons. The van der Waals surface area contributed by atoms with Crippen molar-refractivity contribution >= 4 is 45.1 Å². The average Bonchev–Trinajstić information content (AvgIpc) is 3.05. The molecular weight excluding hydrogens is 436 g/mol. The number of anilines is 2. The second-order valence-corrected chi connectivity index (χ2v) is 8.23. The van der Waals surface area contributed by atoms with Gasteiger partial charge in [0.1, 0.15) is 0 Å². The molecule has 0 aromatic heterocycles. The van der Waals surface area contributed by atoms with Crippen LogP contribution in [0.4, 0.5) is 11.4 Å². The molecule has 29 heavy (non-hydrogen) atoms. The van der Waals surface area contributed by atoms with Crippen LogP contribution in [0.5, 0.6) is 0 Å². The fourth-order valence-electron chi connectivity index (χ4n) is 3.54. The topological polar surface area (TPSA) is 75.7 Å². The number of carbonyl (C=O) groups is 3. The third kappa shape index (κ3) is 5.03. The minimum absolute atomic E-state index is 0.0761. The van der Waals surface area contributed by atoms with Gasteiger partial charge in [0.05, 0.1) is 5.92 Å². The van der Waals surface area contributed by atoms with E-state index in [4.69, 9.17) is 4.74 Å². The summed E-state index contributed by atoms with van der Waals surface area (Å²) in [5.41, 5.74) is 4.48. The number of benzene rings is 2. The van der Waals surface area contributed by atoms with Crippen molar-refractivity contribution in [3.05, 3.63) is 57.6 Å². The summed E-state index contributed by atoms with van der Waals surface area (Å²) >= 11 is 3.36. The lowest BCUT2D eigenvalue weighted by Gasteiger charge is -2.16. The van der Waals surface area contributed by atoms with Gasteiger partial charge in [-0.25, -0.2) is 0 Å². The largest absolute Gasteiger partial charge is 0.455 e. The zero-order valence-corrected chi connectivity index (χ0v) is 18.2. The maximum absolute atomic E-state index is 12.4. The summed E-state index contributed by atoms with van der Waals surface area (Å²) < 4.78 is 6.09. The van der Waals surface area contributed by atoms with Crippen LogP contribution >= 0.6 is 15.9 Å². The Kier molecular flexibility index (Phi) is 6.37. The first-order chi connectivity index (χ1) is 13.7. The summed E-state index contributed by atoms with van der Waals surface area (Å²) in [5.74, 6) is -1.65. The number of halogens is 1. The second-order valence-electron chi connectivity index (χ2n) is 7.31. The van der Waals surface area contributed by atoms with Crippen LogP contribution in [-0.4, -0.2) is 30.9 Å². The van der Waals surface area contributed by atoms with Gasteiger partial charge >= 0.3 is 5.97 Å². The van der Waals surface area contributed by atoms with Gasteiger partial charge in [0.25, 0.3) is 5.91 Å². The molecule has 1 aliphatic rings.